The van der Waals surface area contributed by atoms with Gasteiger partial charge in [0, 0.05) is 10.2 Å². The molecule has 0 saturated heterocycles. The van der Waals surface area contributed by atoms with Crippen molar-refractivity contribution in [2.75, 3.05) is 11.9 Å². The van der Waals surface area contributed by atoms with Crippen molar-refractivity contribution in [2.45, 2.75) is 44.1 Å². The quantitative estimate of drug-likeness (QED) is 0.329. The Morgan fingerprint density at radius 1 is 1.29 bits per heavy atom. The van der Waals surface area contributed by atoms with Gasteiger partial charge in [0.2, 0.25) is 0 Å². The van der Waals surface area contributed by atoms with Gasteiger partial charge >= 0.3 is 0 Å². The molecule has 0 aliphatic rings. The molecule has 0 bridgehead atoms. The van der Waals surface area contributed by atoms with Crippen molar-refractivity contribution < 1.29 is 9.50 Å². The Morgan fingerprint density at radius 3 is 2.75 bits per heavy atom. The molecule has 0 aliphatic heterocycles. The fourth-order valence-electron chi connectivity index (χ4n) is 2.79. The van der Waals surface area contributed by atoms with Crippen LogP contribution in [0, 0.1) is 18.7 Å². The zero-order valence-corrected chi connectivity index (χ0v) is 19.1. The van der Waals surface area contributed by atoms with E-state index < -0.39 is 0 Å². The first kappa shape index (κ1) is 21.4. The van der Waals surface area contributed by atoms with Crippen LogP contribution >= 0.6 is 39.0 Å². The fraction of sp³-hybridized carbons (Fsp3) is 0.421. The van der Waals surface area contributed by atoms with Crippen LogP contribution in [-0.2, 0) is 5.75 Å². The number of hydrogen-bond donors (Lipinski definition) is 2. The highest BCUT2D eigenvalue weighted by Crippen LogP contribution is 2.32. The highest BCUT2D eigenvalue weighted by molar-refractivity contribution is 9.10. The van der Waals surface area contributed by atoms with Crippen molar-refractivity contribution in [2.24, 2.45) is 5.92 Å². The molecule has 0 spiro atoms. The second-order valence-corrected chi connectivity index (χ2v) is 9.92. The summed E-state index contributed by atoms with van der Waals surface area (Å²) < 4.78 is 14.9. The minimum atomic E-state index is -0.275. The number of fused-ring (bicyclic) bond motifs is 1. The molecule has 0 amide bonds. The number of nitrogens with one attached hydrogen (secondary N) is 1. The Morgan fingerprint density at radius 2 is 2.07 bits per heavy atom. The Bertz CT molecular complexity index is 967. The van der Waals surface area contributed by atoms with E-state index in [1.165, 1.54) is 35.2 Å². The van der Waals surface area contributed by atoms with Crippen LogP contribution in [0.1, 0.15) is 30.8 Å². The van der Waals surface area contributed by atoms with Crippen molar-refractivity contribution in [1.82, 2.24) is 15.0 Å². The summed E-state index contributed by atoms with van der Waals surface area (Å²) in [4.78, 5) is 13.8. The molecule has 2 heterocycles. The van der Waals surface area contributed by atoms with E-state index in [1.807, 2.05) is 6.92 Å². The average molecular weight is 485 g/mol. The third kappa shape index (κ3) is 5.40. The van der Waals surface area contributed by atoms with E-state index in [9.17, 15) is 9.50 Å². The molecule has 0 unspecified atom stereocenters. The van der Waals surface area contributed by atoms with Gasteiger partial charge in [-0.1, -0.05) is 47.6 Å². The van der Waals surface area contributed by atoms with Crippen LogP contribution in [0.2, 0.25) is 0 Å². The number of aliphatic hydroxyl groups excluding tert-OH is 1. The summed E-state index contributed by atoms with van der Waals surface area (Å²) in [5.41, 5.74) is 1.62. The summed E-state index contributed by atoms with van der Waals surface area (Å²) in [7, 11) is 0. The molecule has 0 aliphatic carbocycles. The van der Waals surface area contributed by atoms with Crippen molar-refractivity contribution in [3.8, 4) is 0 Å². The first-order valence-corrected chi connectivity index (χ1v) is 11.5. The van der Waals surface area contributed by atoms with Gasteiger partial charge in [-0.3, -0.25) is 0 Å². The highest BCUT2D eigenvalue weighted by Gasteiger charge is 2.17. The summed E-state index contributed by atoms with van der Waals surface area (Å²) in [6.45, 7) is 6.22. The van der Waals surface area contributed by atoms with Gasteiger partial charge in [-0.05, 0) is 37.0 Å². The summed E-state index contributed by atoms with van der Waals surface area (Å²) in [5.74, 6) is 1.48. The van der Waals surface area contributed by atoms with Crippen LogP contribution in [0.15, 0.2) is 27.8 Å². The fourth-order valence-corrected chi connectivity index (χ4v) is 5.12. The number of aromatic nitrogens is 3. The summed E-state index contributed by atoms with van der Waals surface area (Å²) in [5, 5.41) is 14.6. The predicted molar refractivity (Wildman–Crippen MR) is 118 cm³/mol. The lowest BCUT2D eigenvalue weighted by Gasteiger charge is -2.19. The molecule has 3 rings (SSSR count). The van der Waals surface area contributed by atoms with E-state index in [0.29, 0.717) is 28.3 Å². The molecule has 1 atom stereocenters. The lowest BCUT2D eigenvalue weighted by atomic mass is 10.0. The van der Waals surface area contributed by atoms with Gasteiger partial charge in [-0.25, -0.2) is 19.3 Å². The second kappa shape index (κ2) is 9.47. The normalized spacial score (nSPS) is 12.7. The van der Waals surface area contributed by atoms with Crippen molar-refractivity contribution in [3.63, 3.8) is 0 Å². The number of thioether (sulfide) groups is 1. The molecule has 0 saturated carbocycles. The van der Waals surface area contributed by atoms with E-state index in [2.05, 4.69) is 50.0 Å². The van der Waals surface area contributed by atoms with Crippen molar-refractivity contribution in [1.29, 1.82) is 0 Å². The van der Waals surface area contributed by atoms with E-state index in [4.69, 9.17) is 0 Å². The van der Waals surface area contributed by atoms with Crippen LogP contribution < -0.4 is 5.32 Å². The van der Waals surface area contributed by atoms with Crippen LogP contribution in [0.25, 0.3) is 10.3 Å². The number of thiazole rings is 1. The van der Waals surface area contributed by atoms with Gasteiger partial charge in [0.25, 0.3) is 0 Å². The van der Waals surface area contributed by atoms with Gasteiger partial charge in [0.05, 0.1) is 17.7 Å². The summed E-state index contributed by atoms with van der Waals surface area (Å²) in [6, 6.07) is 4.57. The van der Waals surface area contributed by atoms with Crippen molar-refractivity contribution in [3.05, 3.63) is 39.1 Å². The molecule has 150 valence electrons. The Kier molecular flexibility index (Phi) is 7.25. The number of hydrogen-bond acceptors (Lipinski definition) is 7. The topological polar surface area (TPSA) is 70.9 Å². The SMILES string of the molecule is Cc1nc2nc(SCc3ccc(F)cc3Br)nc(N[C@@H](CO)CC(C)C)c2s1. The summed E-state index contributed by atoms with van der Waals surface area (Å²) in [6.07, 6.45) is 0.838. The molecule has 3 aromatic rings. The zero-order chi connectivity index (χ0) is 20.3. The number of nitrogens with zero attached hydrogens (tertiary/aromatic N) is 3. The molecular weight excluding hydrogens is 463 g/mol. The molecular formula is C19H22BrFN4OS2. The molecule has 2 N–H and O–H groups in total. The lowest BCUT2D eigenvalue weighted by molar-refractivity contribution is 0.259. The van der Waals surface area contributed by atoms with Crippen molar-refractivity contribution >= 4 is 55.2 Å². The van der Waals surface area contributed by atoms with Gasteiger partial charge in [0.1, 0.15) is 10.5 Å². The maximum atomic E-state index is 13.3. The van der Waals surface area contributed by atoms with E-state index in [-0.39, 0.29) is 18.5 Å². The molecule has 28 heavy (non-hydrogen) atoms. The van der Waals surface area contributed by atoms with Crippen LogP contribution in [-0.4, -0.2) is 32.7 Å². The van der Waals surface area contributed by atoms with E-state index in [0.717, 1.165) is 26.2 Å². The Hall–Kier alpha value is -1.29. The molecule has 1 aromatic carbocycles. The maximum absolute atomic E-state index is 13.3. The minimum absolute atomic E-state index is 0.0342. The molecule has 5 nitrogen and oxygen atoms in total. The van der Waals surface area contributed by atoms with E-state index in [1.54, 1.807) is 6.07 Å². The largest absolute Gasteiger partial charge is 0.394 e. The first-order valence-electron chi connectivity index (χ1n) is 8.95. The Balaban J connectivity index is 1.86. The second-order valence-electron chi connectivity index (χ2n) is 6.92. The summed E-state index contributed by atoms with van der Waals surface area (Å²) >= 11 is 6.40. The van der Waals surface area contributed by atoms with E-state index >= 15 is 0 Å². The molecule has 0 radical (unpaired) electrons. The number of rotatable bonds is 8. The number of halogens is 2. The van der Waals surface area contributed by atoms with Gasteiger partial charge in [-0.2, -0.15) is 0 Å². The third-order valence-corrected chi connectivity index (χ3v) is 6.63. The lowest BCUT2D eigenvalue weighted by Crippen LogP contribution is -2.26. The van der Waals surface area contributed by atoms with Crippen LogP contribution in [0.4, 0.5) is 10.2 Å². The van der Waals surface area contributed by atoms with Gasteiger partial charge in [0.15, 0.2) is 16.6 Å². The van der Waals surface area contributed by atoms with Crippen LogP contribution in [0.5, 0.6) is 0 Å². The molecule has 9 heteroatoms. The monoisotopic (exact) mass is 484 g/mol. The molecule has 2 aromatic heterocycles. The number of benzene rings is 1. The standard InChI is InChI=1S/C19H22BrFN4OS2/c1-10(2)6-14(8-26)23-18-16-17(22-11(3)28-16)24-19(25-18)27-9-12-4-5-13(21)7-15(12)20/h4-5,7,10,14,26H,6,8-9H2,1-3H3,(H,23,24,25)/t14-/m1/s1. The number of anilines is 1. The zero-order valence-electron chi connectivity index (χ0n) is 15.9. The smallest absolute Gasteiger partial charge is 0.191 e. The highest BCUT2D eigenvalue weighted by atomic mass is 79.9. The minimum Gasteiger partial charge on any atom is -0.394 e. The van der Waals surface area contributed by atoms with Gasteiger partial charge < -0.3 is 10.4 Å². The Labute approximate surface area is 180 Å². The molecule has 0 fully saturated rings. The average Bonchev–Trinajstić information content (AvgIpc) is 3.00. The number of aliphatic hydroxyl groups is 1. The first-order chi connectivity index (χ1) is 13.4. The van der Waals surface area contributed by atoms with Gasteiger partial charge in [-0.15, -0.1) is 11.3 Å². The van der Waals surface area contributed by atoms with Crippen LogP contribution in [0.3, 0.4) is 0 Å². The predicted octanol–water partition coefficient (Wildman–Crippen LogP) is 5.41. The third-order valence-electron chi connectivity index (χ3n) is 4.03. The maximum Gasteiger partial charge on any atom is 0.191 e. The number of aryl methyl sites for hydroxylation is 1.